The summed E-state index contributed by atoms with van der Waals surface area (Å²) in [6, 6.07) is 16.8. The highest BCUT2D eigenvalue weighted by Crippen LogP contribution is 2.44. The minimum atomic E-state index is -0.337. The molecule has 0 bridgehead atoms. The van der Waals surface area contributed by atoms with E-state index in [0.717, 1.165) is 38.9 Å². The average Bonchev–Trinajstić information content (AvgIpc) is 3.09. The molecule has 4 nitrogen and oxygen atoms in total. The van der Waals surface area contributed by atoms with Crippen LogP contribution >= 0.6 is 0 Å². The third kappa shape index (κ3) is 4.23. The number of carbonyl (C=O) groups is 1. The highest BCUT2D eigenvalue weighted by Gasteiger charge is 2.33. The van der Waals surface area contributed by atoms with E-state index in [2.05, 4.69) is 48.3 Å². The summed E-state index contributed by atoms with van der Waals surface area (Å²) in [5, 5.41) is 3.02. The van der Waals surface area contributed by atoms with Crippen LogP contribution in [0.2, 0.25) is 0 Å². The molecule has 0 atom stereocenters. The Labute approximate surface area is 172 Å². The smallest absolute Gasteiger partial charge is 0.407 e. The van der Waals surface area contributed by atoms with E-state index < -0.39 is 0 Å². The number of amides is 1. The SMILES string of the molecule is C=CCCC1(CNC(=O)OCC2c3ccccc3-c3ccccc32)CCOCC1. The molecule has 1 fully saturated rings. The lowest BCUT2D eigenvalue weighted by Gasteiger charge is -2.37. The zero-order chi connectivity index (χ0) is 20.1. The maximum atomic E-state index is 12.5. The van der Waals surface area contributed by atoms with Gasteiger partial charge < -0.3 is 14.8 Å². The standard InChI is InChI=1S/C25H29NO3/c1-2-3-12-25(13-15-28-16-14-25)18-26-24(27)29-17-23-21-10-6-4-8-19(21)20-9-5-7-11-22(20)23/h2,4-11,23H,1,3,12-18H2,(H,26,27). The van der Waals surface area contributed by atoms with Crippen LogP contribution in [0, 0.1) is 5.41 Å². The third-order valence-electron chi connectivity index (χ3n) is 6.38. The fourth-order valence-corrected chi connectivity index (χ4v) is 4.64. The van der Waals surface area contributed by atoms with Crippen LogP contribution in [0.1, 0.15) is 42.7 Å². The molecule has 0 saturated carbocycles. The van der Waals surface area contributed by atoms with Crippen molar-refractivity contribution in [2.45, 2.75) is 31.6 Å². The maximum absolute atomic E-state index is 12.5. The number of rotatable bonds is 7. The fourth-order valence-electron chi connectivity index (χ4n) is 4.64. The molecule has 1 heterocycles. The van der Waals surface area contributed by atoms with Gasteiger partial charge in [0.2, 0.25) is 0 Å². The Morgan fingerprint density at radius 3 is 2.34 bits per heavy atom. The molecule has 1 aliphatic carbocycles. The maximum Gasteiger partial charge on any atom is 0.407 e. The van der Waals surface area contributed by atoms with Crippen molar-refractivity contribution in [1.29, 1.82) is 0 Å². The number of alkyl carbamates (subject to hydrolysis) is 1. The van der Waals surface area contributed by atoms with Crippen LogP contribution in [-0.4, -0.2) is 32.5 Å². The molecule has 0 aromatic heterocycles. The molecule has 4 rings (SSSR count). The van der Waals surface area contributed by atoms with E-state index in [1.54, 1.807) is 0 Å². The second kappa shape index (κ2) is 8.83. The largest absolute Gasteiger partial charge is 0.449 e. The Hall–Kier alpha value is -2.59. The Kier molecular flexibility index (Phi) is 6.00. The topological polar surface area (TPSA) is 47.6 Å². The predicted molar refractivity (Wildman–Crippen MR) is 115 cm³/mol. The van der Waals surface area contributed by atoms with Crippen molar-refractivity contribution in [3.05, 3.63) is 72.3 Å². The minimum absolute atomic E-state index is 0.0814. The summed E-state index contributed by atoms with van der Waals surface area (Å²) in [4.78, 5) is 12.5. The summed E-state index contributed by atoms with van der Waals surface area (Å²) >= 11 is 0. The van der Waals surface area contributed by atoms with E-state index in [1.165, 1.54) is 22.3 Å². The summed E-state index contributed by atoms with van der Waals surface area (Å²) in [7, 11) is 0. The van der Waals surface area contributed by atoms with Crippen LogP contribution in [0.4, 0.5) is 4.79 Å². The molecular formula is C25H29NO3. The highest BCUT2D eigenvalue weighted by molar-refractivity contribution is 5.79. The zero-order valence-electron chi connectivity index (χ0n) is 16.9. The number of nitrogens with one attached hydrogen (secondary N) is 1. The van der Waals surface area contributed by atoms with Gasteiger partial charge in [-0.3, -0.25) is 0 Å². The van der Waals surface area contributed by atoms with Crippen molar-refractivity contribution in [2.24, 2.45) is 5.41 Å². The molecule has 2 aromatic carbocycles. The van der Waals surface area contributed by atoms with Crippen molar-refractivity contribution >= 4 is 6.09 Å². The van der Waals surface area contributed by atoms with Crippen molar-refractivity contribution in [1.82, 2.24) is 5.32 Å². The monoisotopic (exact) mass is 391 g/mol. The molecule has 0 spiro atoms. The van der Waals surface area contributed by atoms with E-state index in [0.29, 0.717) is 13.2 Å². The molecule has 1 aliphatic heterocycles. The van der Waals surface area contributed by atoms with Gasteiger partial charge in [-0.2, -0.15) is 0 Å². The Bertz CT molecular complexity index is 824. The van der Waals surface area contributed by atoms with Crippen LogP contribution in [0.15, 0.2) is 61.2 Å². The quantitative estimate of drug-likeness (QED) is 0.653. The van der Waals surface area contributed by atoms with Gasteiger partial charge in [-0.15, -0.1) is 6.58 Å². The minimum Gasteiger partial charge on any atom is -0.449 e. The fraction of sp³-hybridized carbons (Fsp3) is 0.400. The second-order valence-corrected chi connectivity index (χ2v) is 8.12. The number of carbonyl (C=O) groups excluding carboxylic acids is 1. The van der Waals surface area contributed by atoms with Crippen LogP contribution in [-0.2, 0) is 9.47 Å². The lowest BCUT2D eigenvalue weighted by molar-refractivity contribution is 0.0105. The molecule has 1 N–H and O–H groups in total. The van der Waals surface area contributed by atoms with Gasteiger partial charge in [0.25, 0.3) is 0 Å². The second-order valence-electron chi connectivity index (χ2n) is 8.12. The van der Waals surface area contributed by atoms with E-state index in [9.17, 15) is 4.79 Å². The normalized spacial score (nSPS) is 17.2. The lowest BCUT2D eigenvalue weighted by atomic mass is 9.76. The molecule has 0 radical (unpaired) electrons. The van der Waals surface area contributed by atoms with Gasteiger partial charge in [0, 0.05) is 25.7 Å². The molecule has 2 aliphatic rings. The van der Waals surface area contributed by atoms with E-state index >= 15 is 0 Å². The van der Waals surface area contributed by atoms with Crippen LogP contribution in [0.25, 0.3) is 11.1 Å². The van der Waals surface area contributed by atoms with Gasteiger partial charge in [-0.25, -0.2) is 4.79 Å². The molecule has 2 aromatic rings. The van der Waals surface area contributed by atoms with Gasteiger partial charge in [0.15, 0.2) is 0 Å². The van der Waals surface area contributed by atoms with Gasteiger partial charge in [0.1, 0.15) is 6.61 Å². The van der Waals surface area contributed by atoms with E-state index in [-0.39, 0.29) is 17.4 Å². The first-order valence-electron chi connectivity index (χ1n) is 10.5. The number of hydrogen-bond donors (Lipinski definition) is 1. The summed E-state index contributed by atoms with van der Waals surface area (Å²) in [6.07, 6.45) is 5.51. The first-order chi connectivity index (χ1) is 14.2. The van der Waals surface area contributed by atoms with Crippen LogP contribution in [0.3, 0.4) is 0 Å². The van der Waals surface area contributed by atoms with Gasteiger partial charge in [-0.1, -0.05) is 54.6 Å². The average molecular weight is 392 g/mol. The van der Waals surface area contributed by atoms with E-state index in [4.69, 9.17) is 9.47 Å². The number of fused-ring (bicyclic) bond motifs is 3. The van der Waals surface area contributed by atoms with Crippen molar-refractivity contribution in [2.75, 3.05) is 26.4 Å². The summed E-state index contributed by atoms with van der Waals surface area (Å²) in [5.41, 5.74) is 5.02. The lowest BCUT2D eigenvalue weighted by Crippen LogP contribution is -2.41. The molecule has 152 valence electrons. The summed E-state index contributed by atoms with van der Waals surface area (Å²) in [6.45, 7) is 6.32. The summed E-state index contributed by atoms with van der Waals surface area (Å²) in [5.74, 6) is 0.0888. The van der Waals surface area contributed by atoms with E-state index in [1.807, 2.05) is 18.2 Å². The summed E-state index contributed by atoms with van der Waals surface area (Å²) < 4.78 is 11.2. The molecule has 1 amide bonds. The van der Waals surface area contributed by atoms with Gasteiger partial charge >= 0.3 is 6.09 Å². The third-order valence-corrected chi connectivity index (χ3v) is 6.38. The number of ether oxygens (including phenoxy) is 2. The molecule has 1 saturated heterocycles. The van der Waals surface area contributed by atoms with Crippen molar-refractivity contribution in [3.63, 3.8) is 0 Å². The van der Waals surface area contributed by atoms with Gasteiger partial charge in [0.05, 0.1) is 0 Å². The number of benzene rings is 2. The van der Waals surface area contributed by atoms with Crippen LogP contribution in [0.5, 0.6) is 0 Å². The Morgan fingerprint density at radius 2 is 1.72 bits per heavy atom. The highest BCUT2D eigenvalue weighted by atomic mass is 16.5. The Balaban J connectivity index is 1.38. The molecule has 29 heavy (non-hydrogen) atoms. The first-order valence-corrected chi connectivity index (χ1v) is 10.5. The van der Waals surface area contributed by atoms with Crippen molar-refractivity contribution < 1.29 is 14.3 Å². The van der Waals surface area contributed by atoms with Crippen LogP contribution < -0.4 is 5.32 Å². The first kappa shape index (κ1) is 19.7. The van der Waals surface area contributed by atoms with Gasteiger partial charge in [-0.05, 0) is 53.4 Å². The Morgan fingerprint density at radius 1 is 1.10 bits per heavy atom. The zero-order valence-corrected chi connectivity index (χ0v) is 16.9. The number of hydrogen-bond acceptors (Lipinski definition) is 3. The van der Waals surface area contributed by atoms with Crippen molar-refractivity contribution in [3.8, 4) is 11.1 Å². The predicted octanol–water partition coefficient (Wildman–Crippen LogP) is 5.29. The molecule has 4 heteroatoms. The molecular weight excluding hydrogens is 362 g/mol. The number of allylic oxidation sites excluding steroid dienone is 1. The molecule has 0 unspecified atom stereocenters.